The summed E-state index contributed by atoms with van der Waals surface area (Å²) in [7, 11) is 4.45. The summed E-state index contributed by atoms with van der Waals surface area (Å²) in [5, 5.41) is 0. The van der Waals surface area contributed by atoms with Gasteiger partial charge in [-0.05, 0) is 0 Å². The Morgan fingerprint density at radius 2 is 1.86 bits per heavy atom. The van der Waals surface area contributed by atoms with E-state index in [0.717, 1.165) is 0 Å². The van der Waals surface area contributed by atoms with Gasteiger partial charge in [0.05, 0.1) is 0 Å². The van der Waals surface area contributed by atoms with Gasteiger partial charge in [-0.2, -0.15) is 0 Å². The average Bonchev–Trinajstić information content (AvgIpc) is 1.72. The molecule has 0 atom stereocenters. The predicted molar refractivity (Wildman–Crippen MR) is 32.4 cm³/mol. The van der Waals surface area contributed by atoms with Gasteiger partial charge in [-0.1, -0.05) is 6.08 Å². The molecule has 0 aliphatic carbocycles. The summed E-state index contributed by atoms with van der Waals surface area (Å²) in [6.45, 7) is 3.94. The van der Waals surface area contributed by atoms with Crippen molar-refractivity contribution in [2.45, 2.75) is 0 Å². The molecule has 0 unspecified atom stereocenters. The molecule has 0 amide bonds. The third kappa shape index (κ3) is 43.4. The SMILES string of the molecule is C=CCN.Cl.[Cl][Ag]. The Bertz CT molecular complexity index is 26.9. The Hall–Kier alpha value is 1.02. The fourth-order valence-electron chi connectivity index (χ4n) is 0. The van der Waals surface area contributed by atoms with Crippen molar-refractivity contribution in [2.75, 3.05) is 6.54 Å². The molecule has 0 spiro atoms. The molecule has 0 fully saturated rings. The summed E-state index contributed by atoms with van der Waals surface area (Å²) in [4.78, 5) is 0. The third-order valence-corrected chi connectivity index (χ3v) is 0.167. The van der Waals surface area contributed by atoms with Gasteiger partial charge >= 0.3 is 29.2 Å². The molecule has 50 valence electrons. The van der Waals surface area contributed by atoms with Crippen LogP contribution in [0.4, 0.5) is 0 Å². The van der Waals surface area contributed by atoms with Crippen LogP contribution in [0.1, 0.15) is 0 Å². The molecule has 0 aliphatic heterocycles. The van der Waals surface area contributed by atoms with Crippen molar-refractivity contribution in [3.63, 3.8) is 0 Å². The molecule has 0 aromatic heterocycles. The van der Waals surface area contributed by atoms with Crippen LogP contribution in [0.5, 0.6) is 0 Å². The van der Waals surface area contributed by atoms with E-state index in [2.05, 4.69) is 35.8 Å². The van der Waals surface area contributed by atoms with Gasteiger partial charge in [0.2, 0.25) is 0 Å². The summed E-state index contributed by atoms with van der Waals surface area (Å²) in [6, 6.07) is 0. The molecule has 7 heavy (non-hydrogen) atoms. The first-order valence-corrected chi connectivity index (χ1v) is 3.25. The molecular weight excluding hydrogens is 229 g/mol. The van der Waals surface area contributed by atoms with E-state index in [-0.39, 0.29) is 12.4 Å². The normalized spacial score (nSPS) is 4.57. The number of hydrogen-bond acceptors (Lipinski definition) is 1. The molecule has 0 aliphatic rings. The molecule has 0 aromatic carbocycles. The van der Waals surface area contributed by atoms with Gasteiger partial charge in [-0.25, -0.2) is 0 Å². The van der Waals surface area contributed by atoms with E-state index in [0.29, 0.717) is 6.54 Å². The summed E-state index contributed by atoms with van der Waals surface area (Å²) in [6.07, 6.45) is 1.65. The van der Waals surface area contributed by atoms with Crippen LogP contribution in [-0.2, 0) is 20.0 Å². The topological polar surface area (TPSA) is 26.0 Å². The van der Waals surface area contributed by atoms with Crippen LogP contribution >= 0.6 is 21.6 Å². The Labute approximate surface area is 66.4 Å². The van der Waals surface area contributed by atoms with Crippen molar-refractivity contribution in [1.29, 1.82) is 0 Å². The van der Waals surface area contributed by atoms with Gasteiger partial charge in [0.25, 0.3) is 0 Å². The molecule has 0 aromatic rings. The Balaban J connectivity index is -0.0000000480. The second kappa shape index (κ2) is 27.9. The number of nitrogens with two attached hydrogens (primary N) is 1. The van der Waals surface area contributed by atoms with Crippen molar-refractivity contribution in [3.8, 4) is 0 Å². The van der Waals surface area contributed by atoms with Crippen LogP contribution in [0.3, 0.4) is 0 Å². The molecule has 0 saturated carbocycles. The van der Waals surface area contributed by atoms with Gasteiger partial charge in [0.15, 0.2) is 0 Å². The second-order valence-corrected chi connectivity index (χ2v) is 0.524. The number of halogens is 2. The van der Waals surface area contributed by atoms with Crippen LogP contribution in [-0.4, -0.2) is 6.54 Å². The minimum absolute atomic E-state index is 0. The van der Waals surface area contributed by atoms with Crippen molar-refractivity contribution in [2.24, 2.45) is 5.73 Å². The Morgan fingerprint density at radius 1 is 1.71 bits per heavy atom. The van der Waals surface area contributed by atoms with Crippen molar-refractivity contribution in [1.82, 2.24) is 0 Å². The Morgan fingerprint density at radius 3 is 1.86 bits per heavy atom. The second-order valence-electron chi connectivity index (χ2n) is 0.524. The quantitative estimate of drug-likeness (QED) is 0.538. The standard InChI is InChI=1S/C3H7N.Ag.2ClH/c1-2-3-4;;;/h2H,1,3-4H2;;2*1H/q;+1;;/p-1. The van der Waals surface area contributed by atoms with Gasteiger partial charge in [0, 0.05) is 6.54 Å². The maximum atomic E-state index is 4.91. The first-order chi connectivity index (χ1) is 2.91. The van der Waals surface area contributed by atoms with E-state index in [1.165, 1.54) is 0 Å². The van der Waals surface area contributed by atoms with E-state index < -0.39 is 0 Å². The van der Waals surface area contributed by atoms with Crippen LogP contribution in [0, 0.1) is 0 Å². The zero-order valence-electron chi connectivity index (χ0n) is 3.66. The minimum atomic E-state index is 0. The van der Waals surface area contributed by atoms with Gasteiger partial charge in [0.1, 0.15) is 0 Å². The predicted octanol–water partition coefficient (Wildman–Crippen LogP) is 1.24. The first-order valence-electron chi connectivity index (χ1n) is 1.34. The molecule has 0 bridgehead atoms. The van der Waals surface area contributed by atoms with E-state index in [9.17, 15) is 0 Å². The molecule has 0 radical (unpaired) electrons. The molecular formula is C3H8AgCl2N. The zero-order valence-corrected chi connectivity index (χ0v) is 6.71. The maximum absolute atomic E-state index is 4.91. The van der Waals surface area contributed by atoms with E-state index in [1.54, 1.807) is 6.08 Å². The van der Waals surface area contributed by atoms with Gasteiger partial charge in [-0.3, -0.25) is 0 Å². The monoisotopic (exact) mass is 235 g/mol. The van der Waals surface area contributed by atoms with Gasteiger partial charge in [-0.15, -0.1) is 19.0 Å². The average molecular weight is 237 g/mol. The third-order valence-electron chi connectivity index (χ3n) is 0.167. The molecule has 0 saturated heterocycles. The van der Waals surface area contributed by atoms with Crippen LogP contribution < -0.4 is 5.73 Å². The zero-order chi connectivity index (χ0) is 5.41. The summed E-state index contributed by atoms with van der Waals surface area (Å²) >= 11 is 2.42. The van der Waals surface area contributed by atoms with Crippen LogP contribution in [0.15, 0.2) is 12.7 Å². The van der Waals surface area contributed by atoms with Crippen molar-refractivity contribution < 1.29 is 20.0 Å². The molecule has 2 N–H and O–H groups in total. The summed E-state index contributed by atoms with van der Waals surface area (Å²) in [5.41, 5.74) is 4.91. The molecule has 4 heteroatoms. The summed E-state index contributed by atoms with van der Waals surface area (Å²) < 4.78 is 0. The Kier molecular flexibility index (Phi) is 62.5. The van der Waals surface area contributed by atoms with E-state index in [1.807, 2.05) is 0 Å². The van der Waals surface area contributed by atoms with Crippen molar-refractivity contribution in [3.05, 3.63) is 12.7 Å². The van der Waals surface area contributed by atoms with Gasteiger partial charge < -0.3 is 5.73 Å². The number of rotatable bonds is 1. The fraction of sp³-hybridized carbons (Fsp3) is 0.333. The van der Waals surface area contributed by atoms with E-state index >= 15 is 0 Å². The van der Waals surface area contributed by atoms with Crippen LogP contribution in [0.25, 0.3) is 0 Å². The first kappa shape index (κ1) is 15.7. The molecule has 1 nitrogen and oxygen atoms in total. The molecule has 0 rings (SSSR count). The molecule has 0 heterocycles. The summed E-state index contributed by atoms with van der Waals surface area (Å²) in [5.74, 6) is 0. The fourth-order valence-corrected chi connectivity index (χ4v) is 0. The van der Waals surface area contributed by atoms with Crippen molar-refractivity contribution >= 4 is 21.6 Å². The van der Waals surface area contributed by atoms with E-state index in [4.69, 9.17) is 5.73 Å². The van der Waals surface area contributed by atoms with Crippen LogP contribution in [0.2, 0.25) is 0 Å². The number of hydrogen-bond donors (Lipinski definition) is 1.